The molecule has 3 aromatic rings. The zero-order valence-corrected chi connectivity index (χ0v) is 19.4. The zero-order chi connectivity index (χ0) is 26.2. The van der Waals surface area contributed by atoms with Gasteiger partial charge in [-0.3, -0.25) is 9.48 Å². The maximum atomic E-state index is 13.2. The molecule has 0 spiro atoms. The Labute approximate surface area is 204 Å². The fourth-order valence-corrected chi connectivity index (χ4v) is 4.87. The Morgan fingerprint density at radius 1 is 1.31 bits per heavy atom. The number of nitrogens with one attached hydrogen (secondary N) is 2. The van der Waals surface area contributed by atoms with Crippen molar-refractivity contribution in [1.29, 1.82) is 0 Å². The van der Waals surface area contributed by atoms with Crippen molar-refractivity contribution in [3.63, 3.8) is 0 Å². The third kappa shape index (κ3) is 5.38. The number of halogens is 5. The second kappa shape index (κ2) is 9.93. The number of piperazine rings is 1. The van der Waals surface area contributed by atoms with Gasteiger partial charge in [0.05, 0.1) is 17.4 Å². The van der Waals surface area contributed by atoms with Crippen molar-refractivity contribution in [3.05, 3.63) is 29.0 Å². The first kappa shape index (κ1) is 25.7. The molecular formula is C20H20F5N7O3S. The molecule has 0 aliphatic carbocycles. The number of amides is 1. The number of piperidine rings is 2. The van der Waals surface area contributed by atoms with E-state index in [9.17, 15) is 26.7 Å². The Bertz CT molecular complexity index is 1270. The number of hydrogen-bond acceptors (Lipinski definition) is 8. The van der Waals surface area contributed by atoms with Crippen LogP contribution in [0.2, 0.25) is 0 Å². The highest BCUT2D eigenvalue weighted by molar-refractivity contribution is 7.17. The lowest BCUT2D eigenvalue weighted by molar-refractivity contribution is -0.192. The van der Waals surface area contributed by atoms with Crippen molar-refractivity contribution in [3.8, 4) is 0 Å². The van der Waals surface area contributed by atoms with Crippen molar-refractivity contribution in [2.75, 3.05) is 23.3 Å². The van der Waals surface area contributed by atoms with Gasteiger partial charge in [0.2, 0.25) is 0 Å². The van der Waals surface area contributed by atoms with Gasteiger partial charge in [-0.05, 0) is 12.8 Å². The number of carboxylic acid groups (broad SMARTS) is 1. The third-order valence-electron chi connectivity index (χ3n) is 5.71. The van der Waals surface area contributed by atoms with Gasteiger partial charge in [0, 0.05) is 43.8 Å². The van der Waals surface area contributed by atoms with Gasteiger partial charge in [0.25, 0.3) is 12.3 Å². The molecule has 0 unspecified atom stereocenters. The van der Waals surface area contributed by atoms with Crippen molar-refractivity contribution < 1.29 is 36.6 Å². The van der Waals surface area contributed by atoms with Crippen LogP contribution in [-0.4, -0.2) is 68.1 Å². The van der Waals surface area contributed by atoms with E-state index >= 15 is 0 Å². The Kier molecular flexibility index (Phi) is 7.08. The second-order valence-electron chi connectivity index (χ2n) is 8.18. The molecule has 3 aliphatic heterocycles. The fraction of sp³-hybridized carbons (Fsp3) is 0.450. The topological polar surface area (TPSA) is 125 Å². The van der Waals surface area contributed by atoms with Crippen LogP contribution in [0.1, 0.15) is 35.3 Å². The van der Waals surface area contributed by atoms with Gasteiger partial charge >= 0.3 is 12.1 Å². The Hall–Kier alpha value is -3.40. The summed E-state index contributed by atoms with van der Waals surface area (Å²) < 4.78 is 59.3. The van der Waals surface area contributed by atoms with Gasteiger partial charge < -0.3 is 20.6 Å². The van der Waals surface area contributed by atoms with E-state index in [2.05, 4.69) is 25.6 Å². The minimum atomic E-state index is -5.08. The first-order valence-corrected chi connectivity index (χ1v) is 11.5. The lowest BCUT2D eigenvalue weighted by atomic mass is 9.93. The first-order valence-electron chi connectivity index (χ1n) is 10.6. The van der Waals surface area contributed by atoms with Crippen LogP contribution in [-0.2, 0) is 11.8 Å². The number of aromatic nitrogens is 4. The van der Waals surface area contributed by atoms with Gasteiger partial charge in [0.15, 0.2) is 5.69 Å². The first-order chi connectivity index (χ1) is 16.9. The van der Waals surface area contributed by atoms with Crippen molar-refractivity contribution in [1.82, 2.24) is 25.1 Å². The summed E-state index contributed by atoms with van der Waals surface area (Å²) in [5, 5.41) is 18.6. The van der Waals surface area contributed by atoms with E-state index in [1.165, 1.54) is 29.3 Å². The molecule has 3 aliphatic rings. The Balaban J connectivity index is 0.000000384. The van der Waals surface area contributed by atoms with E-state index in [0.29, 0.717) is 28.0 Å². The number of aryl methyl sites for hydroxylation is 1. The molecule has 10 nitrogen and oxygen atoms in total. The maximum Gasteiger partial charge on any atom is 0.490 e. The number of thiophene rings is 1. The summed E-state index contributed by atoms with van der Waals surface area (Å²) in [6, 6.07) is 0.813. The number of anilines is 2. The quantitative estimate of drug-likeness (QED) is 0.437. The number of rotatable bonds is 4. The van der Waals surface area contributed by atoms with E-state index in [4.69, 9.17) is 14.9 Å². The Morgan fingerprint density at radius 3 is 2.58 bits per heavy atom. The molecule has 194 valence electrons. The summed E-state index contributed by atoms with van der Waals surface area (Å²) in [6.45, 7) is 1.78. The average Bonchev–Trinajstić information content (AvgIpc) is 3.42. The molecule has 6 rings (SSSR count). The summed E-state index contributed by atoms with van der Waals surface area (Å²) in [5.41, 5.74) is 0.352. The van der Waals surface area contributed by atoms with Crippen LogP contribution in [0.3, 0.4) is 0 Å². The standard InChI is InChI=1S/C18H19F2N7OS.C2HF3O2/c1-26-7-12(15(25-26)16(19)20)23-17(28)11-8-29-18-14(11)24-13(5-22-18)27-6-9-2-3-10(27)4-21-9;3-2(4,5)1(6)7/h5,7-10,16,21H,2-4,6H2,1H3,(H,23,28);(H,6,7)/t9-,10-;/m0./s1. The summed E-state index contributed by atoms with van der Waals surface area (Å²) in [5.74, 6) is -2.51. The van der Waals surface area contributed by atoms with Gasteiger partial charge in [0.1, 0.15) is 16.2 Å². The molecule has 2 bridgehead atoms. The Morgan fingerprint density at radius 2 is 2.03 bits per heavy atom. The normalized spacial score (nSPS) is 19.4. The van der Waals surface area contributed by atoms with E-state index in [1.807, 2.05) is 0 Å². The highest BCUT2D eigenvalue weighted by Crippen LogP contribution is 2.31. The fourth-order valence-electron chi connectivity index (χ4n) is 4.04. The molecule has 3 saturated heterocycles. The number of aliphatic carboxylic acids is 1. The van der Waals surface area contributed by atoms with Crippen LogP contribution < -0.4 is 15.5 Å². The average molecular weight is 533 g/mol. The molecule has 3 N–H and O–H groups in total. The smallest absolute Gasteiger partial charge is 0.475 e. The van der Waals surface area contributed by atoms with E-state index in [0.717, 1.165) is 31.7 Å². The van der Waals surface area contributed by atoms with Crippen LogP contribution in [0.5, 0.6) is 0 Å². The minimum absolute atomic E-state index is 0.00428. The number of hydrogen-bond donors (Lipinski definition) is 3. The molecule has 0 aromatic carbocycles. The molecule has 0 radical (unpaired) electrons. The van der Waals surface area contributed by atoms with Gasteiger partial charge in [-0.25, -0.2) is 23.5 Å². The van der Waals surface area contributed by atoms with Crippen LogP contribution in [0.25, 0.3) is 10.3 Å². The highest BCUT2D eigenvalue weighted by atomic mass is 32.1. The monoisotopic (exact) mass is 533 g/mol. The van der Waals surface area contributed by atoms with Crippen LogP contribution in [0, 0.1) is 0 Å². The number of nitrogens with zero attached hydrogens (tertiary/aromatic N) is 5. The largest absolute Gasteiger partial charge is 0.490 e. The lowest BCUT2D eigenvalue weighted by Gasteiger charge is -2.46. The number of alkyl halides is 5. The van der Waals surface area contributed by atoms with Gasteiger partial charge in [-0.15, -0.1) is 11.3 Å². The molecular weight excluding hydrogens is 513 g/mol. The summed E-state index contributed by atoms with van der Waals surface area (Å²) in [4.78, 5) is 33.8. The van der Waals surface area contributed by atoms with E-state index in [1.54, 1.807) is 11.6 Å². The number of fused-ring (bicyclic) bond motifs is 4. The molecule has 3 aromatic heterocycles. The molecule has 36 heavy (non-hydrogen) atoms. The third-order valence-corrected chi connectivity index (χ3v) is 6.59. The van der Waals surface area contributed by atoms with Crippen molar-refractivity contribution >= 4 is 45.1 Å². The number of carbonyl (C=O) groups is 2. The summed E-state index contributed by atoms with van der Waals surface area (Å²) in [6.07, 6.45) is -2.49. The van der Waals surface area contributed by atoms with Gasteiger partial charge in [-0.2, -0.15) is 18.3 Å². The molecule has 1 amide bonds. The second-order valence-corrected chi connectivity index (χ2v) is 9.04. The predicted octanol–water partition coefficient (Wildman–Crippen LogP) is 3.19. The van der Waals surface area contributed by atoms with Crippen LogP contribution in [0.4, 0.5) is 33.5 Å². The SMILES string of the molecule is Cn1cc(NC(=O)c2csc3ncc(N4C[C@@H]5CC[C@H]4CN5)nc23)c(C(F)F)n1.O=C(O)C(F)(F)F. The molecule has 16 heteroatoms. The summed E-state index contributed by atoms with van der Waals surface area (Å²) >= 11 is 1.30. The summed E-state index contributed by atoms with van der Waals surface area (Å²) in [7, 11) is 1.53. The zero-order valence-electron chi connectivity index (χ0n) is 18.6. The molecule has 6 heterocycles. The predicted molar refractivity (Wildman–Crippen MR) is 119 cm³/mol. The molecule has 3 fully saturated rings. The van der Waals surface area contributed by atoms with Crippen molar-refractivity contribution in [2.24, 2.45) is 7.05 Å². The highest BCUT2D eigenvalue weighted by Gasteiger charge is 2.38. The number of carboxylic acids is 1. The minimum Gasteiger partial charge on any atom is -0.475 e. The van der Waals surface area contributed by atoms with E-state index < -0.39 is 30.2 Å². The molecule has 0 saturated carbocycles. The molecule has 2 atom stereocenters. The van der Waals surface area contributed by atoms with Gasteiger partial charge in [-0.1, -0.05) is 0 Å². The van der Waals surface area contributed by atoms with Crippen LogP contribution >= 0.6 is 11.3 Å². The van der Waals surface area contributed by atoms with Crippen LogP contribution in [0.15, 0.2) is 17.8 Å². The number of carbonyl (C=O) groups excluding carboxylic acids is 1. The maximum absolute atomic E-state index is 13.2. The van der Waals surface area contributed by atoms with E-state index in [-0.39, 0.29) is 5.69 Å². The van der Waals surface area contributed by atoms with Crippen molar-refractivity contribution in [2.45, 2.75) is 37.5 Å². The lowest BCUT2D eigenvalue weighted by Crippen LogP contribution is -2.61.